The van der Waals surface area contributed by atoms with E-state index in [0.717, 1.165) is 29.2 Å². The van der Waals surface area contributed by atoms with Crippen molar-refractivity contribution in [2.45, 2.75) is 39.3 Å². The number of nitrogens with one attached hydrogen (secondary N) is 1. The molecule has 0 fully saturated rings. The molecule has 6 heteroatoms. The number of hydrogen-bond donors (Lipinski definition) is 1. The van der Waals surface area contributed by atoms with Gasteiger partial charge in [0.2, 0.25) is 0 Å². The topological polar surface area (TPSA) is 52.0 Å². The van der Waals surface area contributed by atoms with E-state index < -0.39 is 8.07 Å². The van der Waals surface area contributed by atoms with Crippen LogP contribution in [0.1, 0.15) is 5.82 Å². The lowest BCUT2D eigenvalue weighted by Gasteiger charge is -2.16. The summed E-state index contributed by atoms with van der Waals surface area (Å²) < 4.78 is 7.90. The third-order valence-electron chi connectivity index (χ3n) is 3.34. The van der Waals surface area contributed by atoms with E-state index in [2.05, 4.69) is 39.5 Å². The number of anilines is 1. The predicted molar refractivity (Wildman–Crippen MR) is 85.9 cm³/mol. The number of nitrogens with zero attached hydrogens (tertiary/aromatic N) is 3. The van der Waals surface area contributed by atoms with Crippen molar-refractivity contribution in [3.05, 3.63) is 18.2 Å². The van der Waals surface area contributed by atoms with Crippen LogP contribution in [0.5, 0.6) is 0 Å². The molecule has 0 spiro atoms. The average Bonchev–Trinajstić information content (AvgIpc) is 2.69. The minimum absolute atomic E-state index is 0.543. The van der Waals surface area contributed by atoms with Gasteiger partial charge in [0, 0.05) is 21.7 Å². The Labute approximate surface area is 121 Å². The molecular weight excluding hydrogens is 268 g/mol. The van der Waals surface area contributed by atoms with Gasteiger partial charge in [0.1, 0.15) is 18.1 Å². The highest BCUT2D eigenvalue weighted by molar-refractivity contribution is 6.76. The Hall–Kier alpha value is -1.40. The summed E-state index contributed by atoms with van der Waals surface area (Å²) in [6.07, 6.45) is 3.64. The minimum atomic E-state index is -1.03. The van der Waals surface area contributed by atoms with Gasteiger partial charge in [0.25, 0.3) is 0 Å². The van der Waals surface area contributed by atoms with Crippen LogP contribution in [0.15, 0.2) is 12.4 Å². The summed E-state index contributed by atoms with van der Waals surface area (Å²) in [6, 6.07) is 1.18. The Balaban J connectivity index is 2.12. The van der Waals surface area contributed by atoms with Crippen LogP contribution >= 0.6 is 0 Å². The van der Waals surface area contributed by atoms with Gasteiger partial charge >= 0.3 is 0 Å². The summed E-state index contributed by atoms with van der Waals surface area (Å²) in [5, 5.41) is 3.12. The smallest absolute Gasteiger partial charge is 0.124 e. The van der Waals surface area contributed by atoms with Crippen LogP contribution in [0.2, 0.25) is 25.7 Å². The number of hydrogen-bond acceptors (Lipinski definition) is 4. The van der Waals surface area contributed by atoms with Gasteiger partial charge in [0.05, 0.1) is 23.6 Å². The normalized spacial score (nSPS) is 12.1. The second-order valence-electron chi connectivity index (χ2n) is 6.24. The molecule has 0 saturated heterocycles. The molecule has 1 N–H and O–H groups in total. The van der Waals surface area contributed by atoms with Gasteiger partial charge in [-0.25, -0.2) is 4.98 Å². The van der Waals surface area contributed by atoms with Crippen molar-refractivity contribution in [3.8, 4) is 0 Å². The molecule has 0 bridgehead atoms. The Morgan fingerprint density at radius 1 is 1.30 bits per heavy atom. The summed E-state index contributed by atoms with van der Waals surface area (Å²) in [6.45, 7) is 10.4. The van der Waals surface area contributed by atoms with E-state index in [1.165, 1.54) is 6.04 Å². The standard InChI is InChI=1S/C14H24N4OSi/c1-11-17-14-12(15-2)8-16-9-13(14)18(11)10-19-6-7-20(3,4)5/h8-9,15H,6-7,10H2,1-5H3. The van der Waals surface area contributed by atoms with Gasteiger partial charge in [-0.1, -0.05) is 19.6 Å². The molecule has 0 aliphatic carbocycles. The van der Waals surface area contributed by atoms with Crippen LogP contribution < -0.4 is 5.32 Å². The second-order valence-corrected chi connectivity index (χ2v) is 11.9. The van der Waals surface area contributed by atoms with E-state index in [-0.39, 0.29) is 0 Å². The summed E-state index contributed by atoms with van der Waals surface area (Å²) in [5.41, 5.74) is 2.92. The zero-order valence-electron chi connectivity index (χ0n) is 13.0. The molecule has 5 nitrogen and oxygen atoms in total. The maximum absolute atomic E-state index is 5.83. The Bertz CT molecular complexity index is 589. The Morgan fingerprint density at radius 2 is 2.05 bits per heavy atom. The van der Waals surface area contributed by atoms with Crippen molar-refractivity contribution in [2.75, 3.05) is 19.0 Å². The fourth-order valence-corrected chi connectivity index (χ4v) is 2.79. The number of ether oxygens (including phenoxy) is 1. The van der Waals surface area contributed by atoms with Gasteiger partial charge in [-0.05, 0) is 13.0 Å². The van der Waals surface area contributed by atoms with Gasteiger partial charge < -0.3 is 14.6 Å². The van der Waals surface area contributed by atoms with Crippen LogP contribution in [-0.4, -0.2) is 36.3 Å². The highest BCUT2D eigenvalue weighted by atomic mass is 28.3. The van der Waals surface area contributed by atoms with Gasteiger partial charge in [-0.15, -0.1) is 0 Å². The van der Waals surface area contributed by atoms with Crippen LogP contribution in [0.4, 0.5) is 5.69 Å². The molecule has 110 valence electrons. The largest absolute Gasteiger partial charge is 0.385 e. The minimum Gasteiger partial charge on any atom is -0.385 e. The summed E-state index contributed by atoms with van der Waals surface area (Å²) in [5.74, 6) is 0.956. The number of rotatable bonds is 6. The highest BCUT2D eigenvalue weighted by Crippen LogP contribution is 2.22. The van der Waals surface area contributed by atoms with Crippen molar-refractivity contribution < 1.29 is 4.74 Å². The van der Waals surface area contributed by atoms with E-state index >= 15 is 0 Å². The second kappa shape index (κ2) is 5.93. The molecule has 0 aliphatic heterocycles. The van der Waals surface area contributed by atoms with Crippen molar-refractivity contribution in [2.24, 2.45) is 0 Å². The first kappa shape index (κ1) is 15.0. The summed E-state index contributed by atoms with van der Waals surface area (Å²) in [7, 11) is 0.851. The zero-order valence-corrected chi connectivity index (χ0v) is 14.0. The van der Waals surface area contributed by atoms with E-state index in [9.17, 15) is 0 Å². The SMILES string of the molecule is CNc1cncc2c1nc(C)n2COCC[Si](C)(C)C. The van der Waals surface area contributed by atoms with Crippen LogP contribution in [0.25, 0.3) is 11.0 Å². The molecule has 0 unspecified atom stereocenters. The number of fused-ring (bicyclic) bond motifs is 1. The van der Waals surface area contributed by atoms with E-state index in [1.807, 2.05) is 20.2 Å². The average molecular weight is 292 g/mol. The molecule has 0 atom stereocenters. The summed E-state index contributed by atoms with van der Waals surface area (Å²) in [4.78, 5) is 8.85. The quantitative estimate of drug-likeness (QED) is 0.656. The van der Waals surface area contributed by atoms with Gasteiger partial charge in [0.15, 0.2) is 0 Å². The molecule has 2 aromatic heterocycles. The van der Waals surface area contributed by atoms with Crippen molar-refractivity contribution in [1.82, 2.24) is 14.5 Å². The zero-order chi connectivity index (χ0) is 14.8. The fraction of sp³-hybridized carbons (Fsp3) is 0.571. The lowest BCUT2D eigenvalue weighted by Crippen LogP contribution is -2.22. The Kier molecular flexibility index (Phi) is 4.44. The van der Waals surface area contributed by atoms with Gasteiger partial charge in [-0.2, -0.15) is 0 Å². The molecule has 0 radical (unpaired) electrons. The van der Waals surface area contributed by atoms with Gasteiger partial charge in [-0.3, -0.25) is 4.98 Å². The molecular formula is C14H24N4OSi. The number of pyridine rings is 1. The first-order valence-electron chi connectivity index (χ1n) is 6.99. The fourth-order valence-electron chi connectivity index (χ4n) is 2.03. The maximum Gasteiger partial charge on any atom is 0.124 e. The predicted octanol–water partition coefficient (Wildman–Crippen LogP) is 3.09. The third-order valence-corrected chi connectivity index (χ3v) is 5.04. The maximum atomic E-state index is 5.83. The Morgan fingerprint density at radius 3 is 2.70 bits per heavy atom. The van der Waals surface area contributed by atoms with E-state index in [0.29, 0.717) is 6.73 Å². The molecule has 2 aromatic rings. The lowest BCUT2D eigenvalue weighted by atomic mass is 10.3. The summed E-state index contributed by atoms with van der Waals surface area (Å²) >= 11 is 0. The van der Waals surface area contributed by atoms with Crippen LogP contribution in [-0.2, 0) is 11.5 Å². The van der Waals surface area contributed by atoms with E-state index in [1.54, 1.807) is 6.20 Å². The first-order valence-corrected chi connectivity index (χ1v) is 10.7. The highest BCUT2D eigenvalue weighted by Gasteiger charge is 2.13. The molecule has 0 saturated carbocycles. The molecule has 0 amide bonds. The monoisotopic (exact) mass is 292 g/mol. The third kappa shape index (κ3) is 3.37. The van der Waals surface area contributed by atoms with Crippen LogP contribution in [0.3, 0.4) is 0 Å². The van der Waals surface area contributed by atoms with Crippen LogP contribution in [0, 0.1) is 6.92 Å². The first-order chi connectivity index (χ1) is 9.42. The van der Waals surface area contributed by atoms with E-state index in [4.69, 9.17) is 4.74 Å². The molecule has 0 aromatic carbocycles. The number of imidazole rings is 1. The van der Waals surface area contributed by atoms with Crippen molar-refractivity contribution in [1.29, 1.82) is 0 Å². The molecule has 0 aliphatic rings. The van der Waals surface area contributed by atoms with Crippen molar-refractivity contribution >= 4 is 24.8 Å². The molecule has 2 heterocycles. The molecule has 20 heavy (non-hydrogen) atoms. The molecule has 2 rings (SSSR count). The van der Waals surface area contributed by atoms with Crippen molar-refractivity contribution in [3.63, 3.8) is 0 Å². The number of aromatic nitrogens is 3. The number of aryl methyl sites for hydroxylation is 1. The lowest BCUT2D eigenvalue weighted by molar-refractivity contribution is 0.0885.